The van der Waals surface area contributed by atoms with E-state index in [1.807, 2.05) is 6.92 Å². The van der Waals surface area contributed by atoms with Crippen molar-refractivity contribution in [3.8, 4) is 6.07 Å². The van der Waals surface area contributed by atoms with E-state index in [1.165, 1.54) is 38.5 Å². The normalized spacial score (nSPS) is 13.3. The van der Waals surface area contributed by atoms with Crippen LogP contribution in [0, 0.1) is 17.2 Å². The van der Waals surface area contributed by atoms with Crippen LogP contribution in [0.3, 0.4) is 0 Å². The smallest absolute Gasteiger partial charge is 0.118 e. The van der Waals surface area contributed by atoms with E-state index in [0.29, 0.717) is 12.3 Å². The Labute approximate surface area is 123 Å². The number of nitriles is 1. The first kappa shape index (κ1) is 18.1. The lowest BCUT2D eigenvalue weighted by atomic mass is 9.92. The van der Waals surface area contributed by atoms with E-state index < -0.39 is 4.33 Å². The molecule has 0 amide bonds. The minimum Gasteiger partial charge on any atom is -0.198 e. The lowest BCUT2D eigenvalue weighted by Gasteiger charge is -2.26. The minimum absolute atomic E-state index is 0.320. The third-order valence-corrected chi connectivity index (χ3v) is 4.08. The number of halogens is 2. The molecule has 0 spiro atoms. The summed E-state index contributed by atoms with van der Waals surface area (Å²) in [6.45, 7) is 4.11. The van der Waals surface area contributed by atoms with Gasteiger partial charge in [0.05, 0.1) is 6.07 Å². The molecule has 106 valence electrons. The average Bonchev–Trinajstić information content (AvgIpc) is 2.30. The van der Waals surface area contributed by atoms with Crippen molar-refractivity contribution in [1.29, 1.82) is 5.26 Å². The Morgan fingerprint density at radius 2 is 1.56 bits per heavy atom. The number of rotatable bonds is 11. The second-order valence-electron chi connectivity index (χ2n) is 5.26. The minimum atomic E-state index is -0.654. The van der Waals surface area contributed by atoms with E-state index in [2.05, 4.69) is 13.0 Å². The van der Waals surface area contributed by atoms with E-state index in [9.17, 15) is 0 Å². The van der Waals surface area contributed by atoms with Gasteiger partial charge in [0.15, 0.2) is 0 Å². The molecule has 0 aromatic carbocycles. The van der Waals surface area contributed by atoms with E-state index in [1.54, 1.807) is 0 Å². The number of hydrogen-bond acceptors (Lipinski definition) is 1. The predicted molar refractivity (Wildman–Crippen MR) is 81.1 cm³/mol. The quantitative estimate of drug-likeness (QED) is 0.326. The van der Waals surface area contributed by atoms with E-state index in [4.69, 9.17) is 28.5 Å². The first-order valence-corrected chi connectivity index (χ1v) is 8.02. The van der Waals surface area contributed by atoms with Crippen LogP contribution >= 0.6 is 23.2 Å². The molecular weight excluding hydrogens is 265 g/mol. The zero-order chi connectivity index (χ0) is 13.9. The molecule has 0 radical (unpaired) electrons. The molecule has 0 saturated heterocycles. The topological polar surface area (TPSA) is 23.8 Å². The molecule has 0 fully saturated rings. The Hall–Kier alpha value is 0.0700. The van der Waals surface area contributed by atoms with Crippen LogP contribution in [0.4, 0.5) is 0 Å². The Morgan fingerprint density at radius 3 is 2.11 bits per heavy atom. The molecule has 1 atom stereocenters. The standard InChI is InChI=1S/C15H27Cl2N/c1-3-4-5-6-7-8-11-14(15(2,16)17)12-9-10-13-18/h14H,3-12H2,1-2H3. The number of unbranched alkanes of at least 4 members (excludes halogenated alkanes) is 6. The van der Waals surface area contributed by atoms with Gasteiger partial charge in [-0.3, -0.25) is 0 Å². The van der Waals surface area contributed by atoms with Gasteiger partial charge in [0.1, 0.15) is 4.33 Å². The summed E-state index contributed by atoms with van der Waals surface area (Å²) in [5.41, 5.74) is 0. The molecule has 0 heterocycles. The van der Waals surface area contributed by atoms with Gasteiger partial charge in [-0.1, -0.05) is 45.4 Å². The zero-order valence-corrected chi connectivity index (χ0v) is 13.4. The Balaban J connectivity index is 3.78. The molecule has 0 aliphatic carbocycles. The highest BCUT2D eigenvalue weighted by molar-refractivity contribution is 6.48. The summed E-state index contributed by atoms with van der Waals surface area (Å²) in [5, 5.41) is 8.56. The largest absolute Gasteiger partial charge is 0.198 e. The van der Waals surface area contributed by atoms with Crippen LogP contribution in [0.1, 0.15) is 78.1 Å². The van der Waals surface area contributed by atoms with Crippen molar-refractivity contribution < 1.29 is 0 Å². The van der Waals surface area contributed by atoms with Crippen molar-refractivity contribution in [3.05, 3.63) is 0 Å². The molecular formula is C15H27Cl2N. The first-order valence-electron chi connectivity index (χ1n) is 7.27. The third-order valence-electron chi connectivity index (χ3n) is 3.46. The van der Waals surface area contributed by atoms with Crippen molar-refractivity contribution in [2.24, 2.45) is 5.92 Å². The van der Waals surface area contributed by atoms with Crippen LogP contribution in [0.2, 0.25) is 0 Å². The van der Waals surface area contributed by atoms with Gasteiger partial charge in [-0.15, -0.1) is 23.2 Å². The van der Waals surface area contributed by atoms with Crippen molar-refractivity contribution in [2.75, 3.05) is 0 Å². The van der Waals surface area contributed by atoms with Crippen LogP contribution in [0.15, 0.2) is 0 Å². The van der Waals surface area contributed by atoms with Gasteiger partial charge in [-0.05, 0) is 32.1 Å². The monoisotopic (exact) mass is 291 g/mol. The SMILES string of the molecule is CCCCCCCCC(CCCC#N)C(C)(Cl)Cl. The predicted octanol–water partition coefficient (Wildman–Crippen LogP) is 6.24. The van der Waals surface area contributed by atoms with E-state index in [0.717, 1.165) is 19.3 Å². The van der Waals surface area contributed by atoms with Crippen molar-refractivity contribution in [3.63, 3.8) is 0 Å². The van der Waals surface area contributed by atoms with Gasteiger partial charge in [-0.2, -0.15) is 5.26 Å². The van der Waals surface area contributed by atoms with Crippen LogP contribution in [0.5, 0.6) is 0 Å². The summed E-state index contributed by atoms with van der Waals surface area (Å²) in [4.78, 5) is 0. The van der Waals surface area contributed by atoms with Crippen LogP contribution in [0.25, 0.3) is 0 Å². The second-order valence-corrected chi connectivity index (χ2v) is 7.02. The van der Waals surface area contributed by atoms with Gasteiger partial charge in [0.25, 0.3) is 0 Å². The molecule has 1 unspecified atom stereocenters. The van der Waals surface area contributed by atoms with Crippen molar-refractivity contribution in [2.45, 2.75) is 82.4 Å². The summed E-state index contributed by atoms with van der Waals surface area (Å²) >= 11 is 12.4. The van der Waals surface area contributed by atoms with Gasteiger partial charge < -0.3 is 0 Å². The zero-order valence-electron chi connectivity index (χ0n) is 11.9. The highest BCUT2D eigenvalue weighted by atomic mass is 35.5. The van der Waals surface area contributed by atoms with Gasteiger partial charge >= 0.3 is 0 Å². The molecule has 18 heavy (non-hydrogen) atoms. The number of nitrogens with zero attached hydrogens (tertiary/aromatic N) is 1. The Morgan fingerprint density at radius 1 is 1.00 bits per heavy atom. The van der Waals surface area contributed by atoms with E-state index in [-0.39, 0.29) is 0 Å². The van der Waals surface area contributed by atoms with Crippen LogP contribution in [-0.4, -0.2) is 4.33 Å². The van der Waals surface area contributed by atoms with Gasteiger partial charge in [-0.25, -0.2) is 0 Å². The van der Waals surface area contributed by atoms with E-state index >= 15 is 0 Å². The van der Waals surface area contributed by atoms with Gasteiger partial charge in [0.2, 0.25) is 0 Å². The molecule has 0 aromatic rings. The summed E-state index contributed by atoms with van der Waals surface area (Å²) in [6, 6.07) is 2.18. The summed E-state index contributed by atoms with van der Waals surface area (Å²) in [5.74, 6) is 0.320. The lowest BCUT2D eigenvalue weighted by molar-refractivity contribution is 0.386. The molecule has 1 nitrogen and oxygen atoms in total. The maximum Gasteiger partial charge on any atom is 0.118 e. The highest BCUT2D eigenvalue weighted by Crippen LogP contribution is 2.36. The molecule has 0 bridgehead atoms. The fourth-order valence-corrected chi connectivity index (χ4v) is 2.69. The second kappa shape index (κ2) is 10.9. The number of alkyl halides is 2. The molecule has 0 aromatic heterocycles. The molecule has 0 aliphatic rings. The summed E-state index contributed by atoms with van der Waals surface area (Å²) in [7, 11) is 0. The maximum absolute atomic E-state index is 8.56. The lowest BCUT2D eigenvalue weighted by Crippen LogP contribution is -2.22. The van der Waals surface area contributed by atoms with Crippen molar-refractivity contribution in [1.82, 2.24) is 0 Å². The highest BCUT2D eigenvalue weighted by Gasteiger charge is 2.28. The van der Waals surface area contributed by atoms with Gasteiger partial charge in [0, 0.05) is 6.42 Å². The fourth-order valence-electron chi connectivity index (χ4n) is 2.25. The summed E-state index contributed by atoms with van der Waals surface area (Å²) < 4.78 is -0.654. The Kier molecular flexibility index (Phi) is 11.0. The molecule has 3 heteroatoms. The molecule has 0 rings (SSSR count). The number of hydrogen-bond donors (Lipinski definition) is 0. The van der Waals surface area contributed by atoms with Crippen molar-refractivity contribution >= 4 is 23.2 Å². The third kappa shape index (κ3) is 10.0. The fraction of sp³-hybridized carbons (Fsp3) is 0.933. The first-order chi connectivity index (χ1) is 8.52. The molecule has 0 saturated carbocycles. The molecule has 0 aliphatic heterocycles. The van der Waals surface area contributed by atoms with Crippen LogP contribution in [-0.2, 0) is 0 Å². The molecule has 0 N–H and O–H groups in total. The van der Waals surface area contributed by atoms with Crippen LogP contribution < -0.4 is 0 Å². The maximum atomic E-state index is 8.56. The Bertz CT molecular complexity index is 228. The summed E-state index contributed by atoms with van der Waals surface area (Å²) in [6.07, 6.45) is 11.3. The average molecular weight is 292 g/mol.